The topological polar surface area (TPSA) is 76.8 Å². The molecule has 1 spiro atoms. The van der Waals surface area contributed by atoms with E-state index in [2.05, 4.69) is 26.6 Å². The first-order chi connectivity index (χ1) is 17.1. The van der Waals surface area contributed by atoms with Crippen LogP contribution < -0.4 is 4.74 Å². The van der Waals surface area contributed by atoms with Gasteiger partial charge in [0, 0.05) is 19.6 Å². The van der Waals surface area contributed by atoms with Crippen molar-refractivity contribution in [2.45, 2.75) is 37.9 Å². The Morgan fingerprint density at radius 3 is 2.42 bits per heavy atom. The van der Waals surface area contributed by atoms with Crippen molar-refractivity contribution in [2.75, 3.05) is 20.2 Å². The van der Waals surface area contributed by atoms with E-state index in [0.717, 1.165) is 55.4 Å². The van der Waals surface area contributed by atoms with Gasteiger partial charge in [0.1, 0.15) is 29.6 Å². The number of alkyl halides is 3. The zero-order chi connectivity index (χ0) is 25.9. The number of methoxy groups -OCH3 is 1. The summed E-state index contributed by atoms with van der Waals surface area (Å²) in [6.07, 6.45) is -2.22. The minimum Gasteiger partial charge on any atom is -0.497 e. The Labute approximate surface area is 204 Å². The van der Waals surface area contributed by atoms with Gasteiger partial charge in [0.2, 0.25) is 0 Å². The number of ether oxygens (including phenoxy) is 2. The van der Waals surface area contributed by atoms with E-state index in [1.54, 1.807) is 7.11 Å². The van der Waals surface area contributed by atoms with Crippen molar-refractivity contribution < 1.29 is 36.9 Å². The van der Waals surface area contributed by atoms with Gasteiger partial charge in [0.15, 0.2) is 0 Å². The van der Waals surface area contributed by atoms with Crippen LogP contribution in [0.3, 0.4) is 0 Å². The summed E-state index contributed by atoms with van der Waals surface area (Å²) in [4.78, 5) is 15.9. The molecule has 1 unspecified atom stereocenters. The third kappa shape index (κ3) is 5.85. The molecule has 2 aromatic carbocycles. The number of rotatable bonds is 4. The van der Waals surface area contributed by atoms with Gasteiger partial charge in [-0.1, -0.05) is 12.1 Å². The molecule has 0 amide bonds. The Morgan fingerprint density at radius 1 is 1.14 bits per heavy atom. The third-order valence-corrected chi connectivity index (χ3v) is 6.24. The lowest BCUT2D eigenvalue weighted by atomic mass is 10.0. The molecule has 3 heterocycles. The number of aromatic nitrogens is 2. The van der Waals surface area contributed by atoms with E-state index >= 15 is 0 Å². The first kappa shape index (κ1) is 25.6. The van der Waals surface area contributed by atoms with Crippen molar-refractivity contribution in [1.29, 1.82) is 0 Å². The van der Waals surface area contributed by atoms with Crippen molar-refractivity contribution >= 4 is 5.97 Å². The fourth-order valence-electron chi connectivity index (χ4n) is 4.41. The van der Waals surface area contributed by atoms with Crippen LogP contribution in [0.25, 0.3) is 11.3 Å². The zero-order valence-corrected chi connectivity index (χ0v) is 19.5. The number of hydrogen-bond donors (Lipinski definition) is 1. The number of hydrogen-bond acceptors (Lipinski definition) is 5. The highest BCUT2D eigenvalue weighted by atomic mass is 19.4. The van der Waals surface area contributed by atoms with Crippen LogP contribution in [0.2, 0.25) is 0 Å². The first-order valence-electron chi connectivity index (χ1n) is 11.2. The zero-order valence-electron chi connectivity index (χ0n) is 19.5. The molecule has 1 aromatic heterocycles. The Morgan fingerprint density at radius 2 is 1.81 bits per heavy atom. The second-order valence-corrected chi connectivity index (χ2v) is 8.74. The highest BCUT2D eigenvalue weighted by molar-refractivity contribution is 5.73. The number of imidazole rings is 1. The van der Waals surface area contributed by atoms with Gasteiger partial charge in [-0.15, -0.1) is 0 Å². The largest absolute Gasteiger partial charge is 0.497 e. The Hall–Kier alpha value is -3.44. The fraction of sp³-hybridized carbons (Fsp3) is 0.360. The van der Waals surface area contributed by atoms with Gasteiger partial charge in [-0.25, -0.2) is 14.2 Å². The molecule has 1 atom stereocenters. The standard InChI is InChI=1S/C23H24FN3O2.C2HF3O2/c1-28-20-8-2-17(3-9-20)13-26-11-10-23(15-26)16-27-21(12-25-22(27)14-29-23)18-4-6-19(24)7-5-18;3-2(4,5)1(6)7/h2-9,12H,10-11,13-16H2,1H3;(H,6,7). The summed E-state index contributed by atoms with van der Waals surface area (Å²) in [5.74, 6) is -1.17. The van der Waals surface area contributed by atoms with E-state index in [0.29, 0.717) is 6.61 Å². The van der Waals surface area contributed by atoms with Crippen LogP contribution in [0, 0.1) is 5.82 Å². The van der Waals surface area contributed by atoms with Crippen LogP contribution in [0.4, 0.5) is 17.6 Å². The molecule has 0 radical (unpaired) electrons. The predicted molar refractivity (Wildman–Crippen MR) is 122 cm³/mol. The van der Waals surface area contributed by atoms with Gasteiger partial charge in [-0.05, 0) is 53.9 Å². The molecule has 1 N–H and O–H groups in total. The Balaban J connectivity index is 0.000000384. The predicted octanol–water partition coefficient (Wildman–Crippen LogP) is 4.51. The van der Waals surface area contributed by atoms with Crippen molar-refractivity contribution in [3.8, 4) is 17.0 Å². The number of carboxylic acids is 1. The summed E-state index contributed by atoms with van der Waals surface area (Å²) in [5, 5.41) is 7.12. The number of aliphatic carboxylic acids is 1. The summed E-state index contributed by atoms with van der Waals surface area (Å²) < 4.78 is 58.9. The molecule has 0 saturated carbocycles. The lowest BCUT2D eigenvalue weighted by Gasteiger charge is -2.35. The van der Waals surface area contributed by atoms with Gasteiger partial charge >= 0.3 is 12.1 Å². The summed E-state index contributed by atoms with van der Waals surface area (Å²) in [6, 6.07) is 14.9. The molecule has 1 saturated heterocycles. The normalized spacial score (nSPS) is 19.5. The molecule has 192 valence electrons. The van der Waals surface area contributed by atoms with Crippen molar-refractivity contribution in [1.82, 2.24) is 14.5 Å². The smallest absolute Gasteiger partial charge is 0.490 e. The van der Waals surface area contributed by atoms with Crippen LogP contribution in [-0.4, -0.2) is 57.5 Å². The average molecular weight is 507 g/mol. The number of carboxylic acid groups (broad SMARTS) is 1. The Kier molecular flexibility index (Phi) is 7.32. The van der Waals surface area contributed by atoms with Gasteiger partial charge in [0.25, 0.3) is 0 Å². The highest BCUT2D eigenvalue weighted by Crippen LogP contribution is 2.35. The minimum atomic E-state index is -5.08. The van der Waals surface area contributed by atoms with Crippen molar-refractivity contribution in [3.63, 3.8) is 0 Å². The molecule has 2 aliphatic heterocycles. The van der Waals surface area contributed by atoms with Crippen molar-refractivity contribution in [3.05, 3.63) is 71.9 Å². The molecule has 36 heavy (non-hydrogen) atoms. The SMILES string of the molecule is COc1ccc(CN2CCC3(C2)Cn2c(-c4ccc(F)cc4)cnc2CO3)cc1.O=C(O)C(F)(F)F. The number of likely N-dealkylation sites (tertiary alicyclic amines) is 1. The molecule has 3 aromatic rings. The van der Waals surface area contributed by atoms with E-state index in [-0.39, 0.29) is 11.4 Å². The molecular weight excluding hydrogens is 482 g/mol. The lowest BCUT2D eigenvalue weighted by molar-refractivity contribution is -0.192. The summed E-state index contributed by atoms with van der Waals surface area (Å²) in [6.45, 7) is 4.07. The first-order valence-corrected chi connectivity index (χ1v) is 11.2. The molecule has 0 aliphatic carbocycles. The van der Waals surface area contributed by atoms with Gasteiger partial charge in [-0.2, -0.15) is 13.2 Å². The maximum absolute atomic E-state index is 13.3. The number of benzene rings is 2. The monoisotopic (exact) mass is 507 g/mol. The van der Waals surface area contributed by atoms with Crippen LogP contribution in [-0.2, 0) is 29.2 Å². The van der Waals surface area contributed by atoms with Gasteiger partial charge in [0.05, 0.1) is 25.5 Å². The summed E-state index contributed by atoms with van der Waals surface area (Å²) >= 11 is 0. The fourth-order valence-corrected chi connectivity index (χ4v) is 4.41. The van der Waals surface area contributed by atoms with Gasteiger partial charge in [-0.3, -0.25) is 4.90 Å². The molecule has 1 fully saturated rings. The minimum absolute atomic E-state index is 0.199. The van der Waals surface area contributed by atoms with Crippen LogP contribution >= 0.6 is 0 Å². The van der Waals surface area contributed by atoms with Crippen molar-refractivity contribution in [2.24, 2.45) is 0 Å². The van der Waals surface area contributed by atoms with Gasteiger partial charge < -0.3 is 19.1 Å². The molecular formula is C25H25F4N3O4. The molecule has 7 nitrogen and oxygen atoms in total. The summed E-state index contributed by atoms with van der Waals surface area (Å²) in [5.41, 5.74) is 3.08. The molecule has 5 rings (SSSR count). The van der Waals surface area contributed by atoms with Crippen LogP contribution in [0.5, 0.6) is 5.75 Å². The maximum atomic E-state index is 13.3. The van der Waals surface area contributed by atoms with E-state index in [1.807, 2.05) is 30.5 Å². The lowest BCUT2D eigenvalue weighted by Crippen LogP contribution is -2.44. The number of nitrogens with zero attached hydrogens (tertiary/aromatic N) is 3. The second kappa shape index (κ2) is 10.3. The van der Waals surface area contributed by atoms with Crippen LogP contribution in [0.15, 0.2) is 54.7 Å². The van der Waals surface area contributed by atoms with E-state index in [1.165, 1.54) is 17.7 Å². The number of halogens is 4. The molecule has 2 aliphatic rings. The molecule has 11 heteroatoms. The average Bonchev–Trinajstić information content (AvgIpc) is 3.44. The van der Waals surface area contributed by atoms with Crippen LogP contribution in [0.1, 0.15) is 17.8 Å². The Bertz CT molecular complexity index is 1200. The number of fused-ring (bicyclic) bond motifs is 1. The maximum Gasteiger partial charge on any atom is 0.490 e. The summed E-state index contributed by atoms with van der Waals surface area (Å²) in [7, 11) is 1.68. The van der Waals surface area contributed by atoms with E-state index in [4.69, 9.17) is 19.4 Å². The molecule has 0 bridgehead atoms. The van der Waals surface area contributed by atoms with E-state index in [9.17, 15) is 17.6 Å². The second-order valence-electron chi connectivity index (χ2n) is 8.74. The van der Waals surface area contributed by atoms with E-state index < -0.39 is 12.1 Å². The quantitative estimate of drug-likeness (QED) is 0.524. The third-order valence-electron chi connectivity index (χ3n) is 6.24. The number of carbonyl (C=O) groups is 1. The highest BCUT2D eigenvalue weighted by Gasteiger charge is 2.43.